The first-order valence-corrected chi connectivity index (χ1v) is 16.2. The van der Waals surface area contributed by atoms with Crippen molar-refractivity contribution in [2.75, 3.05) is 37.7 Å². The van der Waals surface area contributed by atoms with E-state index in [2.05, 4.69) is 21.1 Å². The summed E-state index contributed by atoms with van der Waals surface area (Å²) in [5.74, 6) is -3.19. The van der Waals surface area contributed by atoms with Gasteiger partial charge in [-0.05, 0) is 38.0 Å². The minimum atomic E-state index is -1.59. The maximum atomic E-state index is 13.4. The van der Waals surface area contributed by atoms with Gasteiger partial charge in [0.05, 0.1) is 29.0 Å². The Hall–Kier alpha value is -3.91. The molecule has 3 N–H and O–H groups in total. The maximum Gasteiger partial charge on any atom is 1.00 e. The number of aromatic nitrogens is 2. The molecule has 0 saturated carbocycles. The Morgan fingerprint density at radius 3 is 2.69 bits per heavy atom. The minimum absolute atomic E-state index is 0. The molecule has 0 radical (unpaired) electrons. The molecule has 17 nitrogen and oxygen atoms in total. The van der Waals surface area contributed by atoms with E-state index in [9.17, 15) is 34.3 Å². The Labute approximate surface area is 303 Å². The Morgan fingerprint density at radius 1 is 1.27 bits per heavy atom. The van der Waals surface area contributed by atoms with Crippen molar-refractivity contribution in [2.45, 2.75) is 37.6 Å². The molecule has 0 bridgehead atoms. The largest absolute Gasteiger partial charge is 1.00 e. The number of amides is 3. The van der Waals surface area contributed by atoms with E-state index >= 15 is 0 Å². The molecule has 6 rings (SSSR count). The summed E-state index contributed by atoms with van der Waals surface area (Å²) in [4.78, 5) is 72.3. The van der Waals surface area contributed by atoms with Crippen molar-refractivity contribution in [3.05, 3.63) is 52.8 Å². The number of aliphatic carboxylic acids is 1. The third-order valence-electron chi connectivity index (χ3n) is 8.32. The van der Waals surface area contributed by atoms with Gasteiger partial charge in [-0.15, -0.1) is 11.8 Å². The third-order valence-corrected chi connectivity index (χ3v) is 10.2. The SMILES string of the molecule is C=C1OC(C)=C(COC(=O)N2CC[C@@H](N3CC/C(=C\C4=C(C(=O)[O-])N5C(=O)[C@@H](CC(=O)/C(=N\O)c6nsc(N)n6)[C@H]5SC4)C3=O)C2)O1.[Na+]. The third kappa shape index (κ3) is 6.69. The van der Waals surface area contributed by atoms with Crippen LogP contribution in [-0.4, -0.2) is 108 Å². The number of ether oxygens (including phenoxy) is 3. The zero-order chi connectivity index (χ0) is 33.6. The van der Waals surface area contributed by atoms with Gasteiger partial charge >= 0.3 is 35.7 Å². The molecule has 1 aromatic heterocycles. The number of carbonyl (C=O) groups is 5. The van der Waals surface area contributed by atoms with Gasteiger partial charge in [0.25, 0.3) is 5.95 Å². The number of nitrogen functional groups attached to an aromatic ring is 1. The second-order valence-corrected chi connectivity index (χ2v) is 13.0. The van der Waals surface area contributed by atoms with E-state index in [1.807, 2.05) is 0 Å². The molecule has 5 aliphatic rings. The first-order chi connectivity index (χ1) is 22.5. The molecule has 0 spiro atoms. The number of Topliss-reactive ketones (excluding diaryl/α,β-unsaturated/α-hetero) is 1. The number of hydrogen-bond donors (Lipinski definition) is 2. The van der Waals surface area contributed by atoms with Crippen LogP contribution in [0.5, 0.6) is 0 Å². The molecule has 48 heavy (non-hydrogen) atoms. The van der Waals surface area contributed by atoms with Gasteiger partial charge in [0.1, 0.15) is 5.76 Å². The van der Waals surface area contributed by atoms with Crippen LogP contribution < -0.4 is 40.4 Å². The molecule has 3 atom stereocenters. The molecular formula is C28H28N7NaO10S2. The van der Waals surface area contributed by atoms with Crippen molar-refractivity contribution in [1.82, 2.24) is 24.1 Å². The Kier molecular flexibility index (Phi) is 10.5. The summed E-state index contributed by atoms with van der Waals surface area (Å²) < 4.78 is 19.7. The van der Waals surface area contributed by atoms with Crippen LogP contribution in [-0.2, 0) is 33.4 Å². The van der Waals surface area contributed by atoms with Crippen molar-refractivity contribution in [1.29, 1.82) is 0 Å². The van der Waals surface area contributed by atoms with Crippen molar-refractivity contribution in [2.24, 2.45) is 11.1 Å². The average molecular weight is 710 g/mol. The standard InChI is InChI=1S/C28H29N7O10S2.Na/c1-12-19(45-13(2)44-12)10-43-28(41)33-5-4-16(9-33)34-6-3-14(23(34)37)7-15-11-46-25-17(24(38)35(25)21(15)26(39)40)8-18(36)20(31-42)22-30-27(29)47-32-22;/h7,16-17,25,42H,2-6,8-11H2,1H3,(H,39,40)(H2,29,30,32);/q;+1/p-1/b14-7+,31-20+;/t16-,17-,25-;/m1./s1. The van der Waals surface area contributed by atoms with Gasteiger partial charge in [-0.2, -0.15) is 9.36 Å². The van der Waals surface area contributed by atoms with Crippen LogP contribution in [0.25, 0.3) is 0 Å². The van der Waals surface area contributed by atoms with Gasteiger partial charge in [0.2, 0.25) is 17.6 Å². The number of anilines is 1. The zero-order valence-electron chi connectivity index (χ0n) is 25.9. The van der Waals surface area contributed by atoms with Crippen LogP contribution in [0.1, 0.15) is 32.0 Å². The number of fused-ring (bicyclic) bond motifs is 1. The van der Waals surface area contributed by atoms with E-state index in [1.54, 1.807) is 11.8 Å². The number of allylic oxidation sites excluding steroid dienone is 2. The number of nitrogens with zero attached hydrogens (tertiary/aromatic N) is 6. The number of nitrogens with two attached hydrogens (primary N) is 1. The van der Waals surface area contributed by atoms with Crippen molar-refractivity contribution in [3.8, 4) is 0 Å². The fraction of sp³-hybridized carbons (Fsp3) is 0.429. The first kappa shape index (κ1) is 35.4. The fourth-order valence-corrected chi connectivity index (χ4v) is 7.84. The van der Waals surface area contributed by atoms with Crippen LogP contribution >= 0.6 is 23.3 Å². The number of carbonyl (C=O) groups excluding carboxylic acids is 5. The number of β-lactam (4-membered cyclic amide) rings is 1. The van der Waals surface area contributed by atoms with Crippen LogP contribution in [0.4, 0.5) is 9.93 Å². The van der Waals surface area contributed by atoms with Crippen LogP contribution in [0.3, 0.4) is 0 Å². The average Bonchev–Trinajstić information content (AvgIpc) is 3.83. The van der Waals surface area contributed by atoms with Gasteiger partial charge in [0.15, 0.2) is 29.0 Å². The quantitative estimate of drug-likeness (QED) is 0.0647. The molecular weight excluding hydrogens is 681 g/mol. The minimum Gasteiger partial charge on any atom is -0.543 e. The van der Waals surface area contributed by atoms with E-state index in [0.29, 0.717) is 43.0 Å². The van der Waals surface area contributed by atoms with E-state index in [0.717, 1.165) is 16.4 Å². The smallest absolute Gasteiger partial charge is 0.543 e. The predicted molar refractivity (Wildman–Crippen MR) is 161 cm³/mol. The summed E-state index contributed by atoms with van der Waals surface area (Å²) in [6.45, 7) is 6.13. The van der Waals surface area contributed by atoms with Crippen molar-refractivity contribution >= 4 is 63.8 Å². The molecule has 0 aliphatic carbocycles. The number of thioether (sulfide) groups is 1. The van der Waals surface area contributed by atoms with Gasteiger partial charge in [-0.25, -0.2) is 4.79 Å². The monoisotopic (exact) mass is 709 g/mol. The second-order valence-electron chi connectivity index (χ2n) is 11.1. The fourth-order valence-electron chi connectivity index (χ4n) is 6.03. The van der Waals surface area contributed by atoms with E-state index in [1.165, 1.54) is 22.7 Å². The van der Waals surface area contributed by atoms with Gasteiger partial charge in [-0.1, -0.05) is 5.16 Å². The van der Waals surface area contributed by atoms with E-state index in [4.69, 9.17) is 19.9 Å². The molecule has 6 heterocycles. The molecule has 20 heteroatoms. The molecule has 0 unspecified atom stereocenters. The predicted octanol–water partition coefficient (Wildman–Crippen LogP) is -3.08. The number of carboxylic acids is 1. The van der Waals surface area contributed by atoms with Gasteiger partial charge < -0.3 is 44.9 Å². The Bertz CT molecular complexity index is 1720. The van der Waals surface area contributed by atoms with E-state index in [-0.39, 0.29) is 95.0 Å². The molecule has 3 amide bonds. The summed E-state index contributed by atoms with van der Waals surface area (Å²) in [6, 6.07) is -0.258. The number of ketones is 1. The number of rotatable bonds is 9. The van der Waals surface area contributed by atoms with Crippen LogP contribution in [0.2, 0.25) is 0 Å². The second kappa shape index (κ2) is 14.3. The molecule has 5 aliphatic heterocycles. The first-order valence-electron chi connectivity index (χ1n) is 14.4. The normalized spacial score (nSPS) is 24.8. The number of carboxylic acid groups (broad SMARTS) is 1. The van der Waals surface area contributed by atoms with E-state index < -0.39 is 40.8 Å². The van der Waals surface area contributed by atoms with Crippen molar-refractivity contribution < 1.29 is 78.1 Å². The topological polar surface area (TPSA) is 230 Å². The summed E-state index contributed by atoms with van der Waals surface area (Å²) in [6.07, 6.45) is 1.45. The number of oxime groups is 1. The zero-order valence-corrected chi connectivity index (χ0v) is 29.5. The number of hydrogen-bond acceptors (Lipinski definition) is 16. The Morgan fingerprint density at radius 2 is 2.04 bits per heavy atom. The van der Waals surface area contributed by atoms with Crippen LogP contribution in [0.15, 0.2) is 52.1 Å². The van der Waals surface area contributed by atoms with Gasteiger partial charge in [0, 0.05) is 48.9 Å². The Balaban J connectivity index is 0.00000451. The molecule has 1 aromatic rings. The molecule has 248 valence electrons. The summed E-state index contributed by atoms with van der Waals surface area (Å²) in [5, 5.41) is 24.0. The summed E-state index contributed by atoms with van der Waals surface area (Å²) in [5.41, 5.74) is 5.35. The van der Waals surface area contributed by atoms with Gasteiger partial charge in [-0.3, -0.25) is 19.3 Å². The molecule has 0 aromatic carbocycles. The summed E-state index contributed by atoms with van der Waals surface area (Å²) in [7, 11) is 0. The summed E-state index contributed by atoms with van der Waals surface area (Å²) >= 11 is 2.05. The molecule has 3 saturated heterocycles. The van der Waals surface area contributed by atoms with Crippen LogP contribution in [0, 0.1) is 5.92 Å². The number of likely N-dealkylation sites (tertiary alicyclic amines) is 2. The maximum absolute atomic E-state index is 13.4. The molecule has 3 fully saturated rings. The van der Waals surface area contributed by atoms with Crippen molar-refractivity contribution in [3.63, 3.8) is 0 Å².